The van der Waals surface area contributed by atoms with Gasteiger partial charge in [0.2, 0.25) is 0 Å². The number of nitrogens with zero attached hydrogens (tertiary/aromatic N) is 3. The molecule has 0 bridgehead atoms. The third-order valence-corrected chi connectivity index (χ3v) is 7.56. The van der Waals surface area contributed by atoms with E-state index in [1.165, 1.54) is 39.4 Å². The van der Waals surface area contributed by atoms with Crippen molar-refractivity contribution in [1.82, 2.24) is 25.3 Å². The molecule has 2 heterocycles. The smallest absolute Gasteiger partial charge is 0.325 e. The third kappa shape index (κ3) is 4.10. The van der Waals surface area contributed by atoms with Crippen LogP contribution in [0, 0.1) is 11.7 Å². The van der Waals surface area contributed by atoms with E-state index in [2.05, 4.69) is 29.6 Å². The van der Waals surface area contributed by atoms with E-state index in [-0.39, 0.29) is 29.8 Å². The van der Waals surface area contributed by atoms with Crippen LogP contribution < -0.4 is 10.6 Å². The first-order chi connectivity index (χ1) is 16.5. The Morgan fingerprint density at radius 2 is 2.12 bits per heavy atom. The summed E-state index contributed by atoms with van der Waals surface area (Å²) in [5, 5.41) is 10.5. The summed E-state index contributed by atoms with van der Waals surface area (Å²) in [6, 6.07) is 5.92. The van der Waals surface area contributed by atoms with E-state index in [9.17, 15) is 14.0 Å². The maximum Gasteiger partial charge on any atom is 0.325 e. The van der Waals surface area contributed by atoms with Gasteiger partial charge in [0.05, 0.1) is 17.6 Å². The number of carbonyl (C=O) groups excluding carboxylic acids is 2. The number of nitrogens with one attached hydrogen (secondary N) is 2. The first-order valence-electron chi connectivity index (χ1n) is 12.4. The van der Waals surface area contributed by atoms with Crippen LogP contribution in [0.4, 0.5) is 14.0 Å². The van der Waals surface area contributed by atoms with Crippen LogP contribution in [0.5, 0.6) is 0 Å². The molecular weight excluding hydrogens is 433 g/mol. The van der Waals surface area contributed by atoms with Crippen LogP contribution in [0.25, 0.3) is 5.69 Å². The van der Waals surface area contributed by atoms with Crippen molar-refractivity contribution in [3.8, 4) is 5.69 Å². The molecule has 8 heteroatoms. The molecule has 1 aromatic heterocycles. The van der Waals surface area contributed by atoms with Gasteiger partial charge < -0.3 is 10.6 Å². The Kier molecular flexibility index (Phi) is 6.15. The number of benzene rings is 1. The Hall–Kier alpha value is -3.16. The molecule has 1 saturated heterocycles. The number of urea groups is 2. The quantitative estimate of drug-likeness (QED) is 0.609. The van der Waals surface area contributed by atoms with Crippen molar-refractivity contribution >= 4 is 12.1 Å². The lowest BCUT2D eigenvalue weighted by Crippen LogP contribution is -2.46. The largest absolute Gasteiger partial charge is 0.336 e. The van der Waals surface area contributed by atoms with Crippen molar-refractivity contribution in [2.45, 2.75) is 64.3 Å². The Morgan fingerprint density at radius 3 is 2.82 bits per heavy atom. The van der Waals surface area contributed by atoms with Gasteiger partial charge in [0, 0.05) is 37.0 Å². The van der Waals surface area contributed by atoms with Gasteiger partial charge in [-0.3, -0.25) is 0 Å². The van der Waals surface area contributed by atoms with Crippen LogP contribution in [0.3, 0.4) is 0 Å². The van der Waals surface area contributed by atoms with Gasteiger partial charge in [-0.05, 0) is 55.9 Å². The molecule has 0 spiro atoms. The standard InChI is InChI=1S/C26H32FN5O2/c1-3-4-20(30-26(34)31-12-11-28-25(31)33)13-17-5-6-18-14-23-22(16(2)24(17)18)15-29-32(23)21-9-7-19(27)8-10-21/h7-10,15-17,20H,3-6,11-14H2,1-2H3,(H,28,33)(H,30,34)/t16-,17+,20?/m0/s1. The molecule has 3 atom stereocenters. The van der Waals surface area contributed by atoms with Crippen molar-refractivity contribution in [2.75, 3.05) is 13.1 Å². The Morgan fingerprint density at radius 1 is 1.32 bits per heavy atom. The molecule has 5 rings (SSSR count). The van der Waals surface area contributed by atoms with Gasteiger partial charge in [-0.25, -0.2) is 23.6 Å². The van der Waals surface area contributed by atoms with E-state index in [0.717, 1.165) is 44.2 Å². The maximum atomic E-state index is 13.4. The lowest BCUT2D eigenvalue weighted by atomic mass is 9.78. The molecule has 2 aromatic rings. The molecule has 1 aliphatic heterocycles. The highest BCUT2D eigenvalue weighted by atomic mass is 19.1. The van der Waals surface area contributed by atoms with Gasteiger partial charge in [0.15, 0.2) is 0 Å². The molecule has 34 heavy (non-hydrogen) atoms. The highest BCUT2D eigenvalue weighted by molar-refractivity contribution is 5.95. The highest BCUT2D eigenvalue weighted by Crippen LogP contribution is 2.48. The van der Waals surface area contributed by atoms with Crippen LogP contribution in [0.2, 0.25) is 0 Å². The summed E-state index contributed by atoms with van der Waals surface area (Å²) in [4.78, 5) is 25.8. The van der Waals surface area contributed by atoms with E-state index >= 15 is 0 Å². The molecule has 3 aliphatic rings. The second-order valence-corrected chi connectivity index (χ2v) is 9.68. The fourth-order valence-electron chi connectivity index (χ4n) is 5.99. The van der Waals surface area contributed by atoms with Crippen LogP contribution in [0.15, 0.2) is 41.6 Å². The molecule has 2 aliphatic carbocycles. The predicted octanol–water partition coefficient (Wildman–Crippen LogP) is 4.67. The molecular formula is C26H32FN5O2. The average Bonchev–Trinajstić information content (AvgIpc) is 3.54. The zero-order chi connectivity index (χ0) is 23.8. The Labute approximate surface area is 199 Å². The minimum atomic E-state index is -0.315. The van der Waals surface area contributed by atoms with E-state index < -0.39 is 0 Å². The minimum absolute atomic E-state index is 0.0401. The number of aromatic nitrogens is 2. The Bertz CT molecular complexity index is 1120. The van der Waals surface area contributed by atoms with Crippen LogP contribution in [-0.2, 0) is 6.42 Å². The number of fused-ring (bicyclic) bond motifs is 1. The van der Waals surface area contributed by atoms with Crippen molar-refractivity contribution < 1.29 is 14.0 Å². The highest BCUT2D eigenvalue weighted by Gasteiger charge is 2.37. The lowest BCUT2D eigenvalue weighted by molar-refractivity contribution is 0.194. The molecule has 1 aromatic carbocycles. The van der Waals surface area contributed by atoms with E-state index in [1.807, 2.05) is 10.9 Å². The molecule has 4 amide bonds. The summed E-state index contributed by atoms with van der Waals surface area (Å²) < 4.78 is 15.4. The van der Waals surface area contributed by atoms with Crippen molar-refractivity contribution in [1.29, 1.82) is 0 Å². The van der Waals surface area contributed by atoms with Gasteiger partial charge in [0.25, 0.3) is 0 Å². The molecule has 1 fully saturated rings. The van der Waals surface area contributed by atoms with Crippen molar-refractivity contribution in [3.05, 3.63) is 58.7 Å². The minimum Gasteiger partial charge on any atom is -0.336 e. The number of carbonyl (C=O) groups is 2. The number of amides is 4. The summed E-state index contributed by atoms with van der Waals surface area (Å²) in [6.07, 6.45) is 7.71. The number of imide groups is 1. The van der Waals surface area contributed by atoms with E-state index in [1.54, 1.807) is 12.1 Å². The molecule has 7 nitrogen and oxygen atoms in total. The summed E-state index contributed by atoms with van der Waals surface area (Å²) in [7, 11) is 0. The predicted molar refractivity (Wildman–Crippen MR) is 127 cm³/mol. The second kappa shape index (κ2) is 9.24. The SMILES string of the molecule is CCCC(C[C@H]1CCC2=C1[C@@H](C)c1cnn(-c3ccc(F)cc3)c1C2)NC(=O)N1CCNC1=O. The molecule has 1 unspecified atom stereocenters. The zero-order valence-corrected chi connectivity index (χ0v) is 19.8. The monoisotopic (exact) mass is 465 g/mol. The molecule has 0 radical (unpaired) electrons. The summed E-state index contributed by atoms with van der Waals surface area (Å²) in [6.45, 7) is 5.31. The number of hydrogen-bond donors (Lipinski definition) is 2. The number of hydrogen-bond acceptors (Lipinski definition) is 3. The Balaban J connectivity index is 1.33. The van der Waals surface area contributed by atoms with Gasteiger partial charge in [-0.1, -0.05) is 31.4 Å². The summed E-state index contributed by atoms with van der Waals surface area (Å²) in [5.41, 5.74) is 6.29. The first kappa shape index (κ1) is 22.6. The van der Waals surface area contributed by atoms with Gasteiger partial charge in [-0.2, -0.15) is 5.10 Å². The normalized spacial score (nSPS) is 22.4. The van der Waals surface area contributed by atoms with Gasteiger partial charge in [0.1, 0.15) is 5.82 Å². The van der Waals surface area contributed by atoms with Gasteiger partial charge >= 0.3 is 12.1 Å². The fraction of sp³-hybridized carbons (Fsp3) is 0.500. The topological polar surface area (TPSA) is 79.3 Å². The maximum absolute atomic E-state index is 13.4. The third-order valence-electron chi connectivity index (χ3n) is 7.56. The van der Waals surface area contributed by atoms with Crippen LogP contribution >= 0.6 is 0 Å². The summed E-state index contributed by atoms with van der Waals surface area (Å²) in [5.74, 6) is 0.431. The first-order valence-corrected chi connectivity index (χ1v) is 12.4. The molecule has 180 valence electrons. The second-order valence-electron chi connectivity index (χ2n) is 9.68. The number of halogens is 1. The molecule has 0 saturated carbocycles. The lowest BCUT2D eigenvalue weighted by Gasteiger charge is -2.30. The van der Waals surface area contributed by atoms with E-state index in [0.29, 0.717) is 19.0 Å². The zero-order valence-electron chi connectivity index (χ0n) is 19.8. The fourth-order valence-corrected chi connectivity index (χ4v) is 5.99. The average molecular weight is 466 g/mol. The van der Waals surface area contributed by atoms with Gasteiger partial charge in [-0.15, -0.1) is 0 Å². The van der Waals surface area contributed by atoms with Crippen LogP contribution in [-0.4, -0.2) is 45.9 Å². The van der Waals surface area contributed by atoms with Crippen LogP contribution in [0.1, 0.15) is 63.1 Å². The van der Waals surface area contributed by atoms with Crippen molar-refractivity contribution in [2.24, 2.45) is 5.92 Å². The van der Waals surface area contributed by atoms with Crippen molar-refractivity contribution in [3.63, 3.8) is 0 Å². The van der Waals surface area contributed by atoms with E-state index in [4.69, 9.17) is 0 Å². The number of allylic oxidation sites excluding steroid dienone is 2. The summed E-state index contributed by atoms with van der Waals surface area (Å²) >= 11 is 0. The molecule has 2 N–H and O–H groups in total. The number of rotatable bonds is 6.